The van der Waals surface area contributed by atoms with Gasteiger partial charge in [0.2, 0.25) is 11.8 Å². The minimum Gasteiger partial charge on any atom is -0.489 e. The molecule has 0 bridgehead atoms. The zero-order chi connectivity index (χ0) is 18.6. The fourth-order valence-corrected chi connectivity index (χ4v) is 2.50. The Morgan fingerprint density at radius 1 is 1.24 bits per heavy atom. The van der Waals surface area contributed by atoms with Gasteiger partial charge >= 0.3 is 0 Å². The molecule has 0 aromatic heterocycles. The number of benzene rings is 1. The minimum atomic E-state index is -0.623. The molecule has 2 N–H and O–H groups in total. The molecule has 0 saturated carbocycles. The van der Waals surface area contributed by atoms with Gasteiger partial charge in [0.25, 0.3) is 0 Å². The van der Waals surface area contributed by atoms with Gasteiger partial charge in [0, 0.05) is 18.4 Å². The van der Waals surface area contributed by atoms with Crippen molar-refractivity contribution in [1.29, 1.82) is 0 Å². The Morgan fingerprint density at radius 2 is 1.92 bits per heavy atom. The molecule has 25 heavy (non-hydrogen) atoms. The molecule has 0 radical (unpaired) electrons. The summed E-state index contributed by atoms with van der Waals surface area (Å²) in [4.78, 5) is 24.1. The first-order valence-corrected chi connectivity index (χ1v) is 8.73. The number of halogens is 1. The van der Waals surface area contributed by atoms with Crippen LogP contribution in [0, 0.1) is 5.41 Å². The average Bonchev–Trinajstić information content (AvgIpc) is 2.77. The van der Waals surface area contributed by atoms with Gasteiger partial charge in [0.05, 0.1) is 18.2 Å². The number of hydrogen-bond acceptors (Lipinski definition) is 4. The van der Waals surface area contributed by atoms with E-state index >= 15 is 0 Å². The second-order valence-electron chi connectivity index (χ2n) is 7.12. The summed E-state index contributed by atoms with van der Waals surface area (Å²) in [5.74, 6) is 0.693. The zero-order valence-electron chi connectivity index (χ0n) is 15.1. The molecule has 0 aliphatic carbocycles. The molecule has 1 atom stereocenters. The third-order valence-electron chi connectivity index (χ3n) is 3.75. The van der Waals surface area contributed by atoms with Crippen LogP contribution in [0.4, 0.5) is 0 Å². The summed E-state index contributed by atoms with van der Waals surface area (Å²) in [6, 6.07) is 2.93. The predicted molar refractivity (Wildman–Crippen MR) is 96.0 cm³/mol. The van der Waals surface area contributed by atoms with Crippen molar-refractivity contribution in [2.45, 2.75) is 46.7 Å². The van der Waals surface area contributed by atoms with E-state index in [0.29, 0.717) is 29.7 Å². The summed E-state index contributed by atoms with van der Waals surface area (Å²) >= 11 is 6.24. The fraction of sp³-hybridized carbons (Fsp3) is 0.556. The van der Waals surface area contributed by atoms with Gasteiger partial charge in [-0.1, -0.05) is 32.4 Å². The van der Waals surface area contributed by atoms with Crippen LogP contribution in [0.3, 0.4) is 0 Å². The SMILES string of the molecule is CC(NC(=O)C(C)(C)C)C(=O)NCc1cc(Cl)c2c(c1)OCCCO2. The van der Waals surface area contributed by atoms with E-state index in [0.717, 1.165) is 12.0 Å². The molecule has 0 saturated heterocycles. The number of rotatable bonds is 4. The molecule has 0 spiro atoms. The van der Waals surface area contributed by atoms with Crippen LogP contribution in [-0.2, 0) is 16.1 Å². The van der Waals surface area contributed by atoms with Crippen molar-refractivity contribution >= 4 is 23.4 Å². The lowest BCUT2D eigenvalue weighted by molar-refractivity contribution is -0.133. The lowest BCUT2D eigenvalue weighted by Gasteiger charge is -2.21. The monoisotopic (exact) mass is 368 g/mol. The smallest absolute Gasteiger partial charge is 0.242 e. The third-order valence-corrected chi connectivity index (χ3v) is 4.03. The number of carbonyl (C=O) groups is 2. The molecular formula is C18H25ClN2O4. The van der Waals surface area contributed by atoms with Gasteiger partial charge in [-0.05, 0) is 24.6 Å². The van der Waals surface area contributed by atoms with E-state index in [1.807, 2.05) is 6.07 Å². The number of nitrogens with one attached hydrogen (secondary N) is 2. The largest absolute Gasteiger partial charge is 0.489 e. The number of fused-ring (bicyclic) bond motifs is 1. The summed E-state index contributed by atoms with van der Waals surface area (Å²) < 4.78 is 11.2. The summed E-state index contributed by atoms with van der Waals surface area (Å²) in [6.45, 7) is 8.46. The van der Waals surface area contributed by atoms with Crippen molar-refractivity contribution in [3.8, 4) is 11.5 Å². The first kappa shape index (κ1) is 19.4. The van der Waals surface area contributed by atoms with E-state index in [4.69, 9.17) is 21.1 Å². The van der Waals surface area contributed by atoms with Gasteiger partial charge in [-0.3, -0.25) is 9.59 Å². The normalized spacial score (nSPS) is 15.1. The molecule has 1 aliphatic rings. The second kappa shape index (κ2) is 7.95. The van der Waals surface area contributed by atoms with E-state index in [1.165, 1.54) is 0 Å². The Balaban J connectivity index is 1.97. The fourth-order valence-electron chi connectivity index (χ4n) is 2.21. The first-order valence-electron chi connectivity index (χ1n) is 8.35. The van der Waals surface area contributed by atoms with Crippen LogP contribution >= 0.6 is 11.6 Å². The van der Waals surface area contributed by atoms with Gasteiger partial charge in [0.1, 0.15) is 6.04 Å². The highest BCUT2D eigenvalue weighted by atomic mass is 35.5. The van der Waals surface area contributed by atoms with Crippen molar-refractivity contribution in [3.05, 3.63) is 22.7 Å². The van der Waals surface area contributed by atoms with Crippen LogP contribution < -0.4 is 20.1 Å². The zero-order valence-corrected chi connectivity index (χ0v) is 15.8. The lowest BCUT2D eigenvalue weighted by atomic mass is 9.95. The summed E-state index contributed by atoms with van der Waals surface area (Å²) in [6.07, 6.45) is 0.794. The van der Waals surface area contributed by atoms with Crippen molar-refractivity contribution in [3.63, 3.8) is 0 Å². The predicted octanol–water partition coefficient (Wildman–Crippen LogP) is 2.67. The molecule has 1 heterocycles. The van der Waals surface area contributed by atoms with Crippen molar-refractivity contribution in [1.82, 2.24) is 10.6 Å². The van der Waals surface area contributed by atoms with Crippen LogP contribution in [0.15, 0.2) is 12.1 Å². The molecule has 2 amide bonds. The molecule has 1 aliphatic heterocycles. The minimum absolute atomic E-state index is 0.172. The maximum atomic E-state index is 12.2. The third kappa shape index (κ3) is 5.26. The van der Waals surface area contributed by atoms with Gasteiger partial charge in [0.15, 0.2) is 11.5 Å². The Kier molecular flexibility index (Phi) is 6.16. The molecule has 0 fully saturated rings. The molecule has 7 heteroatoms. The Morgan fingerprint density at radius 3 is 2.60 bits per heavy atom. The van der Waals surface area contributed by atoms with E-state index in [9.17, 15) is 9.59 Å². The van der Waals surface area contributed by atoms with Gasteiger partial charge in [-0.25, -0.2) is 0 Å². The molecular weight excluding hydrogens is 344 g/mol. The van der Waals surface area contributed by atoms with Crippen molar-refractivity contribution in [2.24, 2.45) is 5.41 Å². The molecule has 6 nitrogen and oxygen atoms in total. The highest BCUT2D eigenvalue weighted by molar-refractivity contribution is 6.32. The molecule has 138 valence electrons. The Labute approximate surface area is 153 Å². The standard InChI is InChI=1S/C18H25ClN2O4/c1-11(21-17(23)18(2,3)4)16(22)20-10-12-8-13(19)15-14(9-12)24-6-5-7-25-15/h8-9,11H,5-7,10H2,1-4H3,(H,20,22)(H,21,23). The van der Waals surface area contributed by atoms with Crippen LogP contribution in [-0.4, -0.2) is 31.1 Å². The highest BCUT2D eigenvalue weighted by Crippen LogP contribution is 2.37. The maximum Gasteiger partial charge on any atom is 0.242 e. The summed E-state index contributed by atoms with van der Waals surface area (Å²) in [7, 11) is 0. The van der Waals surface area contributed by atoms with Crippen molar-refractivity contribution in [2.75, 3.05) is 13.2 Å². The highest BCUT2D eigenvalue weighted by Gasteiger charge is 2.25. The van der Waals surface area contributed by atoms with Gasteiger partial charge in [-0.2, -0.15) is 0 Å². The number of carbonyl (C=O) groups excluding carboxylic acids is 2. The lowest BCUT2D eigenvalue weighted by Crippen LogP contribution is -2.48. The first-order chi connectivity index (χ1) is 11.7. The number of ether oxygens (including phenoxy) is 2. The molecule has 1 aromatic carbocycles. The van der Waals surface area contributed by atoms with Crippen LogP contribution in [0.1, 0.15) is 39.7 Å². The van der Waals surface area contributed by atoms with E-state index in [1.54, 1.807) is 33.8 Å². The van der Waals surface area contributed by atoms with E-state index in [2.05, 4.69) is 10.6 Å². The average molecular weight is 369 g/mol. The van der Waals surface area contributed by atoms with Crippen LogP contribution in [0.25, 0.3) is 0 Å². The molecule has 1 unspecified atom stereocenters. The van der Waals surface area contributed by atoms with Crippen LogP contribution in [0.5, 0.6) is 11.5 Å². The summed E-state index contributed by atoms with van der Waals surface area (Å²) in [5, 5.41) is 5.96. The van der Waals surface area contributed by atoms with E-state index in [-0.39, 0.29) is 18.4 Å². The van der Waals surface area contributed by atoms with Crippen molar-refractivity contribution < 1.29 is 19.1 Å². The topological polar surface area (TPSA) is 76.7 Å². The Bertz CT molecular complexity index is 655. The second-order valence-corrected chi connectivity index (χ2v) is 7.53. The number of hydrogen-bond donors (Lipinski definition) is 2. The molecule has 2 rings (SSSR count). The summed E-state index contributed by atoms with van der Waals surface area (Å²) in [5.41, 5.74) is 0.257. The van der Waals surface area contributed by atoms with Gasteiger partial charge in [-0.15, -0.1) is 0 Å². The number of amides is 2. The quantitative estimate of drug-likeness (QED) is 0.856. The Hall–Kier alpha value is -1.95. The molecule has 1 aromatic rings. The van der Waals surface area contributed by atoms with E-state index < -0.39 is 11.5 Å². The van der Waals surface area contributed by atoms with Gasteiger partial charge < -0.3 is 20.1 Å². The van der Waals surface area contributed by atoms with Crippen LogP contribution in [0.2, 0.25) is 5.02 Å². The maximum absolute atomic E-state index is 12.2.